The molecule has 3 heterocycles. The summed E-state index contributed by atoms with van der Waals surface area (Å²) < 4.78 is 54.4. The summed E-state index contributed by atoms with van der Waals surface area (Å²) >= 11 is 0. The minimum Gasteiger partial charge on any atom is -0.497 e. The number of alkyl halides is 3. The normalized spacial score (nSPS) is 16.8. The molecule has 1 fully saturated rings. The Bertz CT molecular complexity index is 1130. The maximum atomic E-state index is 13.0. The van der Waals surface area contributed by atoms with Crippen LogP contribution in [-0.4, -0.2) is 60.3 Å². The zero-order valence-electron chi connectivity index (χ0n) is 18.2. The number of hydrogen-bond acceptors (Lipinski definition) is 5. The van der Waals surface area contributed by atoms with Gasteiger partial charge in [-0.3, -0.25) is 4.79 Å². The second-order valence-corrected chi connectivity index (χ2v) is 7.84. The number of morpholine rings is 1. The number of H-pyrrole nitrogens is 1. The van der Waals surface area contributed by atoms with Gasteiger partial charge in [-0.2, -0.15) is 13.2 Å². The van der Waals surface area contributed by atoms with E-state index in [-0.39, 0.29) is 24.8 Å². The van der Waals surface area contributed by atoms with Crippen molar-refractivity contribution in [1.29, 1.82) is 0 Å². The number of carbonyl (C=O) groups is 1. The molecule has 1 saturated heterocycles. The molecule has 176 valence electrons. The number of aryl methyl sites for hydroxylation is 1. The van der Waals surface area contributed by atoms with E-state index in [9.17, 15) is 18.0 Å². The molecule has 0 saturated carbocycles. The van der Waals surface area contributed by atoms with Gasteiger partial charge in [0.1, 0.15) is 18.5 Å². The van der Waals surface area contributed by atoms with Crippen molar-refractivity contribution in [2.45, 2.75) is 25.6 Å². The van der Waals surface area contributed by atoms with Gasteiger partial charge in [0.2, 0.25) is 11.8 Å². The van der Waals surface area contributed by atoms with E-state index < -0.39 is 17.8 Å². The first-order valence-electron chi connectivity index (χ1n) is 10.4. The van der Waals surface area contributed by atoms with E-state index in [1.54, 1.807) is 12.0 Å². The standard InChI is InChI=1S/C23H24F3N3O4/c1-14-18(19-9-16(31-2)4-5-20(19)28-14)10-22(30)29-7-8-32-17(12-29)13-33-21-6-3-15(11-27-21)23(24,25)26/h3-6,9,11,17,28H,7-8,10,12-13H2,1-2H3. The minimum atomic E-state index is -4.45. The lowest BCUT2D eigenvalue weighted by molar-refractivity contribution is -0.139. The number of carbonyl (C=O) groups excluding carboxylic acids is 1. The number of fused-ring (bicyclic) bond motifs is 1. The second kappa shape index (κ2) is 9.30. The van der Waals surface area contributed by atoms with Crippen molar-refractivity contribution in [3.8, 4) is 11.6 Å². The summed E-state index contributed by atoms with van der Waals surface area (Å²) in [4.78, 5) is 21.7. The van der Waals surface area contributed by atoms with E-state index in [0.717, 1.165) is 40.2 Å². The molecule has 2 aromatic heterocycles. The lowest BCUT2D eigenvalue weighted by Gasteiger charge is -2.33. The molecule has 1 atom stereocenters. The maximum absolute atomic E-state index is 13.0. The summed E-state index contributed by atoms with van der Waals surface area (Å²) in [6.07, 6.45) is -3.90. The third kappa shape index (κ3) is 5.22. The van der Waals surface area contributed by atoms with Crippen LogP contribution in [0.2, 0.25) is 0 Å². The van der Waals surface area contributed by atoms with Crippen LogP contribution in [0.15, 0.2) is 36.5 Å². The monoisotopic (exact) mass is 463 g/mol. The molecule has 1 aliphatic rings. The Morgan fingerprint density at radius 1 is 1.30 bits per heavy atom. The Morgan fingerprint density at radius 2 is 2.12 bits per heavy atom. The number of amides is 1. The molecule has 0 spiro atoms. The molecule has 3 aromatic rings. The number of pyridine rings is 1. The summed E-state index contributed by atoms with van der Waals surface area (Å²) in [5.74, 6) is 0.747. The largest absolute Gasteiger partial charge is 0.497 e. The van der Waals surface area contributed by atoms with Gasteiger partial charge in [0, 0.05) is 35.4 Å². The van der Waals surface area contributed by atoms with Gasteiger partial charge in [-0.15, -0.1) is 0 Å². The van der Waals surface area contributed by atoms with Crippen molar-refractivity contribution < 1.29 is 32.2 Å². The molecule has 0 bridgehead atoms. The van der Waals surface area contributed by atoms with Crippen LogP contribution < -0.4 is 9.47 Å². The van der Waals surface area contributed by atoms with E-state index in [1.807, 2.05) is 25.1 Å². The quantitative estimate of drug-likeness (QED) is 0.603. The Kier molecular flexibility index (Phi) is 6.46. The summed E-state index contributed by atoms with van der Waals surface area (Å²) in [6, 6.07) is 7.78. The van der Waals surface area contributed by atoms with Crippen LogP contribution in [0.1, 0.15) is 16.8 Å². The highest BCUT2D eigenvalue weighted by molar-refractivity contribution is 5.91. The minimum absolute atomic E-state index is 0.0391. The molecule has 10 heteroatoms. The van der Waals surface area contributed by atoms with E-state index >= 15 is 0 Å². The number of ether oxygens (including phenoxy) is 3. The molecule has 7 nitrogen and oxygen atoms in total. The molecule has 1 aliphatic heterocycles. The Labute approximate surface area is 188 Å². The molecule has 0 aliphatic carbocycles. The van der Waals surface area contributed by atoms with Crippen LogP contribution in [0.4, 0.5) is 13.2 Å². The van der Waals surface area contributed by atoms with Crippen molar-refractivity contribution in [2.75, 3.05) is 33.4 Å². The summed E-state index contributed by atoms with van der Waals surface area (Å²) in [5, 5.41) is 0.946. The second-order valence-electron chi connectivity index (χ2n) is 7.84. The first kappa shape index (κ1) is 22.9. The fourth-order valence-corrected chi connectivity index (χ4v) is 3.84. The lowest BCUT2D eigenvalue weighted by Crippen LogP contribution is -2.48. The van der Waals surface area contributed by atoms with Crippen LogP contribution in [0.25, 0.3) is 10.9 Å². The molecule has 33 heavy (non-hydrogen) atoms. The molecule has 4 rings (SSSR count). The smallest absolute Gasteiger partial charge is 0.417 e. The van der Waals surface area contributed by atoms with E-state index in [4.69, 9.17) is 14.2 Å². The highest BCUT2D eigenvalue weighted by Gasteiger charge is 2.31. The first-order valence-corrected chi connectivity index (χ1v) is 10.4. The Hall–Kier alpha value is -3.27. The van der Waals surface area contributed by atoms with Gasteiger partial charge >= 0.3 is 6.18 Å². The maximum Gasteiger partial charge on any atom is 0.417 e. The number of rotatable bonds is 6. The molecular formula is C23H24F3N3O4. The molecule has 0 radical (unpaired) electrons. The van der Waals surface area contributed by atoms with Crippen LogP contribution in [0.3, 0.4) is 0 Å². The fourth-order valence-electron chi connectivity index (χ4n) is 3.84. The van der Waals surface area contributed by atoms with Gasteiger partial charge in [-0.05, 0) is 36.8 Å². The molecular weight excluding hydrogens is 439 g/mol. The average molecular weight is 463 g/mol. The molecule has 1 aromatic carbocycles. The van der Waals surface area contributed by atoms with Crippen molar-refractivity contribution >= 4 is 16.8 Å². The molecule has 1 unspecified atom stereocenters. The number of nitrogens with zero attached hydrogens (tertiary/aromatic N) is 2. The predicted octanol–water partition coefficient (Wildman–Crippen LogP) is 3.75. The van der Waals surface area contributed by atoms with Gasteiger partial charge in [0.05, 0.1) is 32.2 Å². The summed E-state index contributed by atoms with van der Waals surface area (Å²) in [7, 11) is 1.60. The van der Waals surface area contributed by atoms with Crippen LogP contribution in [-0.2, 0) is 22.1 Å². The van der Waals surface area contributed by atoms with Gasteiger partial charge < -0.3 is 24.1 Å². The van der Waals surface area contributed by atoms with Crippen molar-refractivity contribution in [2.24, 2.45) is 0 Å². The van der Waals surface area contributed by atoms with Gasteiger partial charge in [0.15, 0.2) is 0 Å². The third-order valence-electron chi connectivity index (χ3n) is 5.63. The predicted molar refractivity (Wildman–Crippen MR) is 114 cm³/mol. The number of aromatic nitrogens is 2. The first-order chi connectivity index (χ1) is 15.7. The van der Waals surface area contributed by atoms with Crippen molar-refractivity contribution in [1.82, 2.24) is 14.9 Å². The van der Waals surface area contributed by atoms with Gasteiger partial charge in [0.25, 0.3) is 0 Å². The van der Waals surface area contributed by atoms with E-state index in [1.165, 1.54) is 6.07 Å². The fraction of sp³-hybridized carbons (Fsp3) is 0.391. The summed E-state index contributed by atoms with van der Waals surface area (Å²) in [6.45, 7) is 3.14. The van der Waals surface area contributed by atoms with E-state index in [2.05, 4.69) is 9.97 Å². The topological polar surface area (TPSA) is 76.7 Å². The van der Waals surface area contributed by atoms with Crippen LogP contribution in [0, 0.1) is 6.92 Å². The van der Waals surface area contributed by atoms with Crippen LogP contribution >= 0.6 is 0 Å². The van der Waals surface area contributed by atoms with E-state index in [0.29, 0.717) is 19.7 Å². The zero-order valence-corrected chi connectivity index (χ0v) is 18.2. The SMILES string of the molecule is COc1ccc2[nH]c(C)c(CC(=O)N3CCOC(COc4ccc(C(F)(F)F)cn4)C3)c2c1. The highest BCUT2D eigenvalue weighted by atomic mass is 19.4. The number of methoxy groups -OCH3 is 1. The number of benzene rings is 1. The van der Waals surface area contributed by atoms with Crippen LogP contribution in [0.5, 0.6) is 11.6 Å². The number of nitrogens with one attached hydrogen (secondary N) is 1. The number of hydrogen-bond donors (Lipinski definition) is 1. The number of aromatic amines is 1. The third-order valence-corrected chi connectivity index (χ3v) is 5.63. The van der Waals surface area contributed by atoms with Gasteiger partial charge in [-0.25, -0.2) is 4.98 Å². The Balaban J connectivity index is 1.37. The zero-order chi connectivity index (χ0) is 23.6. The highest BCUT2D eigenvalue weighted by Crippen LogP contribution is 2.29. The molecule has 1 N–H and O–H groups in total. The van der Waals surface area contributed by atoms with Gasteiger partial charge in [-0.1, -0.05) is 0 Å². The Morgan fingerprint density at radius 3 is 2.82 bits per heavy atom. The summed E-state index contributed by atoms with van der Waals surface area (Å²) in [5.41, 5.74) is 1.94. The van der Waals surface area contributed by atoms with Crippen molar-refractivity contribution in [3.63, 3.8) is 0 Å². The lowest BCUT2D eigenvalue weighted by atomic mass is 10.1. The number of halogens is 3. The van der Waals surface area contributed by atoms with Crippen molar-refractivity contribution in [3.05, 3.63) is 53.3 Å². The average Bonchev–Trinajstić information content (AvgIpc) is 3.11. The molecule has 1 amide bonds.